The number of aliphatic hydroxyl groups excluding tert-OH is 1. The van der Waals surface area contributed by atoms with E-state index in [-0.39, 0.29) is 43.5 Å². The Balaban J connectivity index is 0.879. The molecule has 2 aliphatic rings. The van der Waals surface area contributed by atoms with Crippen LogP contribution in [0.3, 0.4) is 0 Å². The molecular formula is C52H54F3N7O8S2. The van der Waals surface area contributed by atoms with Crippen LogP contribution in [0.4, 0.5) is 24.5 Å². The minimum absolute atomic E-state index is 0.0327. The number of alkyl halides is 3. The fourth-order valence-corrected chi connectivity index (χ4v) is 9.72. The number of nitrogens with zero attached hydrogens (tertiary/aromatic N) is 5. The third kappa shape index (κ3) is 11.6. The number of hydrogen-bond donors (Lipinski definition) is 3. The van der Waals surface area contributed by atoms with Crippen LogP contribution in [0, 0.1) is 23.7 Å². The Morgan fingerprint density at radius 2 is 1.54 bits per heavy atom. The standard InChI is InChI=1S/C52H54F3N7O8S2/c1-30-43(72-29-58-30)33-10-8-32(9-11-33)27-57-46(65)42-25-37(63)28-60(42)47(66)44(50(3,4)5)59-45(64)31(2)70-40-20-18-39(19-21-40)69-23-22-68-38-16-14-35(15-17-38)62-49(71)61(48(67)51(62,6)7)36-13-12-34(26-56)41(24-36)52(53,54)55/h8-21,24,29,31,37,42,44,63H,22-23,25,27-28H2,1-7H3,(H,57,65)(H,59,64)/t31?,37-,42-,44-/m1/s1. The van der Waals surface area contributed by atoms with Crippen molar-refractivity contribution < 1.29 is 51.7 Å². The summed E-state index contributed by atoms with van der Waals surface area (Å²) in [6.45, 7) is 12.6. The molecule has 0 spiro atoms. The highest BCUT2D eigenvalue weighted by Crippen LogP contribution is 2.40. The van der Waals surface area contributed by atoms with Crippen molar-refractivity contribution in [3.63, 3.8) is 0 Å². The number of β-amino-alcohol motifs (C(OH)–C–C–N with tert-alkyl or cyclic N) is 1. The topological polar surface area (TPSA) is 187 Å². The van der Waals surface area contributed by atoms with Gasteiger partial charge in [0, 0.05) is 25.2 Å². The maximum absolute atomic E-state index is 14.2. The van der Waals surface area contributed by atoms with Crippen molar-refractivity contribution in [2.75, 3.05) is 29.6 Å². The normalized spacial score (nSPS) is 17.6. The minimum Gasteiger partial charge on any atom is -0.490 e. The number of thiazole rings is 1. The van der Waals surface area contributed by atoms with Crippen LogP contribution in [-0.4, -0.2) is 93.3 Å². The molecule has 4 atom stereocenters. The second-order valence-corrected chi connectivity index (χ2v) is 20.2. The first-order valence-corrected chi connectivity index (χ1v) is 24.2. The number of ether oxygens (including phenoxy) is 3. The summed E-state index contributed by atoms with van der Waals surface area (Å²) in [7, 11) is 0. The summed E-state index contributed by atoms with van der Waals surface area (Å²) < 4.78 is 58.9. The van der Waals surface area contributed by atoms with E-state index in [1.807, 2.05) is 31.2 Å². The number of benzene rings is 4. The molecule has 4 aromatic carbocycles. The third-order valence-electron chi connectivity index (χ3n) is 12.3. The first-order chi connectivity index (χ1) is 34.0. The van der Waals surface area contributed by atoms with Crippen LogP contribution in [0.1, 0.15) is 70.3 Å². The minimum atomic E-state index is -4.82. The van der Waals surface area contributed by atoms with Crippen LogP contribution in [0.2, 0.25) is 0 Å². The van der Waals surface area contributed by atoms with Gasteiger partial charge in [-0.2, -0.15) is 18.4 Å². The lowest BCUT2D eigenvalue weighted by atomic mass is 9.85. The largest absolute Gasteiger partial charge is 0.490 e. The average molecular weight is 1030 g/mol. The predicted octanol–water partition coefficient (Wildman–Crippen LogP) is 7.96. The lowest BCUT2D eigenvalue weighted by Crippen LogP contribution is -2.59. The number of aromatic nitrogens is 1. The van der Waals surface area contributed by atoms with Crippen LogP contribution in [0.5, 0.6) is 17.2 Å². The van der Waals surface area contributed by atoms with Gasteiger partial charge < -0.3 is 39.8 Å². The van der Waals surface area contributed by atoms with Gasteiger partial charge in [-0.15, -0.1) is 11.3 Å². The zero-order valence-electron chi connectivity index (χ0n) is 40.6. The fourth-order valence-electron chi connectivity index (χ4n) is 8.38. The molecule has 0 saturated carbocycles. The summed E-state index contributed by atoms with van der Waals surface area (Å²) in [4.78, 5) is 64.1. The number of rotatable bonds is 16. The molecule has 7 rings (SSSR count). The van der Waals surface area contributed by atoms with Gasteiger partial charge in [-0.05, 0) is 123 Å². The van der Waals surface area contributed by atoms with E-state index in [2.05, 4.69) is 15.6 Å². The Labute approximate surface area is 424 Å². The Morgan fingerprint density at radius 1 is 0.944 bits per heavy atom. The molecule has 1 unspecified atom stereocenters. The van der Waals surface area contributed by atoms with E-state index in [9.17, 15) is 42.7 Å². The fraction of sp³-hybridized carbons (Fsp3) is 0.365. The highest BCUT2D eigenvalue weighted by Gasteiger charge is 2.51. The first kappa shape index (κ1) is 52.7. The Kier molecular flexibility index (Phi) is 15.6. The van der Waals surface area contributed by atoms with E-state index in [1.165, 1.54) is 17.0 Å². The number of aryl methyl sites for hydroxylation is 1. The molecule has 378 valence electrons. The Morgan fingerprint density at radius 3 is 2.11 bits per heavy atom. The van der Waals surface area contributed by atoms with Gasteiger partial charge in [-0.3, -0.25) is 24.1 Å². The average Bonchev–Trinajstić information content (AvgIpc) is 4.00. The van der Waals surface area contributed by atoms with Crippen molar-refractivity contribution >= 4 is 63.7 Å². The van der Waals surface area contributed by atoms with Crippen molar-refractivity contribution in [2.45, 2.75) is 97.4 Å². The summed E-state index contributed by atoms with van der Waals surface area (Å²) in [5.41, 5.74) is 1.25. The maximum Gasteiger partial charge on any atom is 0.417 e. The quantitative estimate of drug-likeness (QED) is 0.0641. The van der Waals surface area contributed by atoms with Crippen LogP contribution >= 0.6 is 23.6 Å². The van der Waals surface area contributed by atoms with Crippen molar-refractivity contribution in [1.82, 2.24) is 20.5 Å². The number of halogens is 3. The van der Waals surface area contributed by atoms with Crippen molar-refractivity contribution in [1.29, 1.82) is 5.26 Å². The van der Waals surface area contributed by atoms with E-state index < -0.39 is 76.2 Å². The molecule has 72 heavy (non-hydrogen) atoms. The molecule has 0 radical (unpaired) electrons. The summed E-state index contributed by atoms with van der Waals surface area (Å²) >= 11 is 7.18. The van der Waals surface area contributed by atoms with Gasteiger partial charge in [0.15, 0.2) is 11.2 Å². The van der Waals surface area contributed by atoms with Crippen molar-refractivity contribution in [3.05, 3.63) is 119 Å². The van der Waals surface area contributed by atoms with Gasteiger partial charge in [0.1, 0.15) is 48.1 Å². The van der Waals surface area contributed by atoms with E-state index in [1.54, 1.807) is 112 Å². The molecule has 15 nitrogen and oxygen atoms in total. The Hall–Kier alpha value is -7.08. The summed E-state index contributed by atoms with van der Waals surface area (Å²) in [5, 5.41) is 25.6. The number of aliphatic hydroxyl groups is 1. The molecule has 2 fully saturated rings. The number of nitriles is 1. The smallest absolute Gasteiger partial charge is 0.417 e. The highest BCUT2D eigenvalue weighted by atomic mass is 32.1. The number of likely N-dealkylation sites (tertiary alicyclic amines) is 1. The van der Waals surface area contributed by atoms with Crippen LogP contribution in [-0.2, 0) is 31.9 Å². The molecule has 3 N–H and O–H groups in total. The second-order valence-electron chi connectivity index (χ2n) is 19.0. The number of nitrogens with one attached hydrogen (secondary N) is 2. The molecule has 1 aromatic heterocycles. The van der Waals surface area contributed by atoms with Crippen LogP contribution in [0.25, 0.3) is 10.4 Å². The van der Waals surface area contributed by atoms with Gasteiger partial charge in [-0.25, -0.2) is 4.98 Å². The SMILES string of the molecule is Cc1ncsc1-c1ccc(CNC(=O)[C@H]2C[C@@H](O)CN2C(=O)[C@@H](NC(=O)C(C)Oc2ccc(OCCOc3ccc(N4C(=S)N(c5ccc(C#N)c(C(F)(F)F)c5)C(=O)C4(C)C)cc3)cc2)C(C)(C)C)cc1. The van der Waals surface area contributed by atoms with Gasteiger partial charge in [0.05, 0.1) is 45.1 Å². The van der Waals surface area contributed by atoms with Gasteiger partial charge in [0.2, 0.25) is 11.8 Å². The number of hydrogen-bond acceptors (Lipinski definition) is 12. The molecule has 3 heterocycles. The third-order valence-corrected chi connectivity index (χ3v) is 13.6. The molecule has 5 aromatic rings. The van der Waals surface area contributed by atoms with Gasteiger partial charge in [0.25, 0.3) is 11.8 Å². The second kappa shape index (κ2) is 21.3. The van der Waals surface area contributed by atoms with E-state index in [0.717, 1.165) is 38.7 Å². The molecule has 2 saturated heterocycles. The number of carbonyl (C=O) groups excluding carboxylic acids is 4. The lowest BCUT2D eigenvalue weighted by Gasteiger charge is -2.35. The van der Waals surface area contributed by atoms with E-state index >= 15 is 0 Å². The molecule has 4 amide bonds. The lowest BCUT2D eigenvalue weighted by molar-refractivity contribution is -0.145. The zero-order valence-corrected chi connectivity index (χ0v) is 42.2. The number of carbonyl (C=O) groups is 4. The highest BCUT2D eigenvalue weighted by molar-refractivity contribution is 7.81. The number of amides is 4. The van der Waals surface area contributed by atoms with Gasteiger partial charge in [-0.1, -0.05) is 45.0 Å². The van der Waals surface area contributed by atoms with Crippen molar-refractivity contribution in [2.24, 2.45) is 5.41 Å². The Bertz CT molecular complexity index is 2860. The van der Waals surface area contributed by atoms with E-state index in [0.29, 0.717) is 22.9 Å². The van der Waals surface area contributed by atoms with Crippen molar-refractivity contribution in [3.8, 4) is 33.8 Å². The molecule has 20 heteroatoms. The first-order valence-electron chi connectivity index (χ1n) is 23.0. The molecule has 0 aliphatic carbocycles. The van der Waals surface area contributed by atoms with E-state index in [4.69, 9.17) is 26.4 Å². The monoisotopic (exact) mass is 1030 g/mol. The summed E-state index contributed by atoms with van der Waals surface area (Å²) in [5.74, 6) is -0.677. The van der Waals surface area contributed by atoms with Gasteiger partial charge >= 0.3 is 6.18 Å². The molecule has 0 bridgehead atoms. The predicted molar refractivity (Wildman–Crippen MR) is 268 cm³/mol. The zero-order chi connectivity index (χ0) is 52.3. The maximum atomic E-state index is 14.2. The van der Waals surface area contributed by atoms with Crippen LogP contribution < -0.4 is 34.6 Å². The number of thiocarbonyl (C=S) groups is 1. The van der Waals surface area contributed by atoms with Crippen LogP contribution in [0.15, 0.2) is 96.5 Å². The molecular weight excluding hydrogens is 972 g/mol. The summed E-state index contributed by atoms with van der Waals surface area (Å²) in [6, 6.07) is 23.6. The number of anilines is 2. The molecule has 2 aliphatic heterocycles. The summed E-state index contributed by atoms with van der Waals surface area (Å²) in [6.07, 6.45) is -6.71.